The normalized spacial score (nSPS) is 22.2. The Bertz CT molecular complexity index is 1070. The highest BCUT2D eigenvalue weighted by molar-refractivity contribution is 5.56. The van der Waals surface area contributed by atoms with Gasteiger partial charge in [-0.05, 0) is 61.3 Å². The van der Waals surface area contributed by atoms with Crippen molar-refractivity contribution >= 4 is 5.82 Å². The quantitative estimate of drug-likeness (QED) is 0.749. The van der Waals surface area contributed by atoms with Crippen LogP contribution in [-0.2, 0) is 6.42 Å². The van der Waals surface area contributed by atoms with Crippen molar-refractivity contribution in [1.29, 1.82) is 0 Å². The molecule has 2 heterocycles. The Labute approximate surface area is 157 Å². The van der Waals surface area contributed by atoms with Gasteiger partial charge in [-0.25, -0.2) is 9.97 Å². The highest BCUT2D eigenvalue weighted by Gasteiger charge is 2.54. The molecule has 2 aliphatic carbocycles. The van der Waals surface area contributed by atoms with E-state index in [1.165, 1.54) is 12.0 Å². The summed E-state index contributed by atoms with van der Waals surface area (Å²) in [6.07, 6.45) is 2.98. The number of aryl methyl sites for hydroxylation is 1. The lowest BCUT2D eigenvalue weighted by atomic mass is 10.0. The number of aromatic amines is 1. The number of nitrogens with zero attached hydrogens (tertiary/aromatic N) is 2. The SMILES string of the molecule is Cc1nc(-c2ccc(NCC3C4Cc5ccccc5C34)nc2)[nH]c(=O)c1C. The first-order valence-corrected chi connectivity index (χ1v) is 9.47. The zero-order valence-corrected chi connectivity index (χ0v) is 15.5. The molecule has 0 spiro atoms. The standard InChI is InChI=1S/C22H22N4O/c1-12-13(2)25-21(26-22(12)27)15-7-8-19(23-10-15)24-11-18-17-9-14-5-3-4-6-16(14)20(17)18/h3-8,10,17-18,20H,9,11H2,1-2H3,(H,23,24)(H,25,26,27). The van der Waals surface area contributed by atoms with E-state index in [0.717, 1.165) is 35.5 Å². The summed E-state index contributed by atoms with van der Waals surface area (Å²) in [6, 6.07) is 12.7. The minimum Gasteiger partial charge on any atom is -0.370 e. The smallest absolute Gasteiger partial charge is 0.254 e. The van der Waals surface area contributed by atoms with Crippen LogP contribution in [0.1, 0.15) is 28.3 Å². The van der Waals surface area contributed by atoms with E-state index in [1.54, 1.807) is 18.7 Å². The van der Waals surface area contributed by atoms with Crippen molar-refractivity contribution in [3.05, 3.63) is 75.3 Å². The van der Waals surface area contributed by atoms with E-state index in [9.17, 15) is 4.79 Å². The highest BCUT2D eigenvalue weighted by atomic mass is 16.1. The Morgan fingerprint density at radius 2 is 2.04 bits per heavy atom. The zero-order chi connectivity index (χ0) is 18.5. The van der Waals surface area contributed by atoms with E-state index in [-0.39, 0.29) is 5.56 Å². The van der Waals surface area contributed by atoms with Crippen molar-refractivity contribution in [2.75, 3.05) is 11.9 Å². The van der Waals surface area contributed by atoms with E-state index in [2.05, 4.69) is 44.5 Å². The maximum absolute atomic E-state index is 11.9. The zero-order valence-electron chi connectivity index (χ0n) is 15.5. The van der Waals surface area contributed by atoms with Crippen LogP contribution >= 0.6 is 0 Å². The topological polar surface area (TPSA) is 70.7 Å². The number of nitrogens with one attached hydrogen (secondary N) is 2. The Morgan fingerprint density at radius 3 is 2.81 bits per heavy atom. The number of H-pyrrole nitrogens is 1. The van der Waals surface area contributed by atoms with Crippen molar-refractivity contribution in [1.82, 2.24) is 15.0 Å². The molecule has 0 aliphatic heterocycles. The molecule has 1 aromatic carbocycles. The van der Waals surface area contributed by atoms with Crippen molar-refractivity contribution in [3.63, 3.8) is 0 Å². The number of hydrogen-bond acceptors (Lipinski definition) is 4. The summed E-state index contributed by atoms with van der Waals surface area (Å²) >= 11 is 0. The molecule has 0 amide bonds. The molecule has 0 saturated heterocycles. The van der Waals surface area contributed by atoms with Gasteiger partial charge in [0.25, 0.3) is 5.56 Å². The molecule has 5 rings (SSSR count). The number of fused-ring (bicyclic) bond motifs is 3. The van der Waals surface area contributed by atoms with Gasteiger partial charge < -0.3 is 10.3 Å². The van der Waals surface area contributed by atoms with Crippen LogP contribution in [0, 0.1) is 25.7 Å². The lowest BCUT2D eigenvalue weighted by Gasteiger charge is -2.10. The lowest BCUT2D eigenvalue weighted by Crippen LogP contribution is -2.14. The molecule has 2 aliphatic rings. The third-order valence-corrected chi connectivity index (χ3v) is 6.15. The van der Waals surface area contributed by atoms with Gasteiger partial charge in [0.15, 0.2) is 0 Å². The number of aromatic nitrogens is 3. The van der Waals surface area contributed by atoms with Gasteiger partial charge in [0.1, 0.15) is 11.6 Å². The second-order valence-corrected chi connectivity index (χ2v) is 7.69. The first-order valence-electron chi connectivity index (χ1n) is 9.47. The number of pyridine rings is 1. The molecule has 3 atom stereocenters. The molecule has 136 valence electrons. The minimum absolute atomic E-state index is 0.0970. The third-order valence-electron chi connectivity index (χ3n) is 6.15. The van der Waals surface area contributed by atoms with E-state index in [4.69, 9.17) is 0 Å². The van der Waals surface area contributed by atoms with E-state index >= 15 is 0 Å². The van der Waals surface area contributed by atoms with Gasteiger partial charge >= 0.3 is 0 Å². The number of rotatable bonds is 4. The fraction of sp³-hybridized carbons (Fsp3) is 0.318. The van der Waals surface area contributed by atoms with Crippen LogP contribution < -0.4 is 10.9 Å². The molecular weight excluding hydrogens is 336 g/mol. The first kappa shape index (κ1) is 16.2. The van der Waals surface area contributed by atoms with Gasteiger partial charge in [-0.1, -0.05) is 24.3 Å². The fourth-order valence-corrected chi connectivity index (χ4v) is 4.40. The van der Waals surface area contributed by atoms with E-state index in [0.29, 0.717) is 17.3 Å². The average molecular weight is 358 g/mol. The second-order valence-electron chi connectivity index (χ2n) is 7.69. The molecule has 0 radical (unpaired) electrons. The maximum Gasteiger partial charge on any atom is 0.254 e. The summed E-state index contributed by atoms with van der Waals surface area (Å²) in [5, 5.41) is 3.47. The Hall–Kier alpha value is -2.95. The Morgan fingerprint density at radius 1 is 1.19 bits per heavy atom. The maximum atomic E-state index is 11.9. The van der Waals surface area contributed by atoms with Crippen LogP contribution in [0.3, 0.4) is 0 Å². The van der Waals surface area contributed by atoms with Crippen molar-refractivity contribution in [3.8, 4) is 11.4 Å². The fourth-order valence-electron chi connectivity index (χ4n) is 4.40. The number of anilines is 1. The molecule has 1 fully saturated rings. The molecule has 5 heteroatoms. The van der Waals surface area contributed by atoms with Gasteiger partial charge in [0.2, 0.25) is 0 Å². The molecule has 3 unspecified atom stereocenters. The van der Waals surface area contributed by atoms with Crippen molar-refractivity contribution in [2.24, 2.45) is 11.8 Å². The third kappa shape index (κ3) is 2.74. The van der Waals surface area contributed by atoms with Gasteiger partial charge in [0, 0.05) is 29.6 Å². The molecule has 27 heavy (non-hydrogen) atoms. The molecule has 3 aromatic rings. The number of hydrogen-bond donors (Lipinski definition) is 2. The van der Waals surface area contributed by atoms with E-state index < -0.39 is 0 Å². The molecule has 0 bridgehead atoms. The Balaban J connectivity index is 1.26. The van der Waals surface area contributed by atoms with Crippen LogP contribution in [-0.4, -0.2) is 21.5 Å². The molecule has 1 saturated carbocycles. The molecule has 5 nitrogen and oxygen atoms in total. The van der Waals surface area contributed by atoms with Gasteiger partial charge in [-0.15, -0.1) is 0 Å². The van der Waals surface area contributed by atoms with E-state index in [1.807, 2.05) is 19.1 Å². The van der Waals surface area contributed by atoms with Gasteiger partial charge in [0.05, 0.1) is 0 Å². The predicted molar refractivity (Wildman–Crippen MR) is 106 cm³/mol. The van der Waals surface area contributed by atoms with Gasteiger partial charge in [-0.3, -0.25) is 4.79 Å². The van der Waals surface area contributed by atoms with Crippen LogP contribution in [0.25, 0.3) is 11.4 Å². The summed E-state index contributed by atoms with van der Waals surface area (Å²) in [5.41, 5.74) is 5.19. The van der Waals surface area contributed by atoms with Crippen LogP contribution in [0.2, 0.25) is 0 Å². The lowest BCUT2D eigenvalue weighted by molar-refractivity contribution is 0.718. The summed E-state index contributed by atoms with van der Waals surface area (Å²) in [7, 11) is 0. The summed E-state index contributed by atoms with van der Waals surface area (Å²) in [4.78, 5) is 23.7. The first-order chi connectivity index (χ1) is 13.1. The monoisotopic (exact) mass is 358 g/mol. The van der Waals surface area contributed by atoms with Crippen LogP contribution in [0.15, 0.2) is 47.4 Å². The average Bonchev–Trinajstić information content (AvgIpc) is 3.22. The largest absolute Gasteiger partial charge is 0.370 e. The van der Waals surface area contributed by atoms with Crippen molar-refractivity contribution < 1.29 is 0 Å². The molecule has 2 N–H and O–H groups in total. The Kier molecular flexibility index (Phi) is 3.64. The minimum atomic E-state index is -0.0970. The van der Waals surface area contributed by atoms with Gasteiger partial charge in [-0.2, -0.15) is 0 Å². The molecule has 2 aromatic heterocycles. The predicted octanol–water partition coefficient (Wildman–Crippen LogP) is 3.45. The van der Waals surface area contributed by atoms with Crippen molar-refractivity contribution in [2.45, 2.75) is 26.2 Å². The highest BCUT2D eigenvalue weighted by Crippen LogP contribution is 2.61. The summed E-state index contributed by atoms with van der Waals surface area (Å²) in [6.45, 7) is 4.58. The summed E-state index contributed by atoms with van der Waals surface area (Å²) < 4.78 is 0. The number of benzene rings is 1. The van der Waals surface area contributed by atoms with Crippen LogP contribution in [0.5, 0.6) is 0 Å². The summed E-state index contributed by atoms with van der Waals surface area (Å²) in [5.74, 6) is 3.65. The van der Waals surface area contributed by atoms with Crippen LogP contribution in [0.4, 0.5) is 5.82 Å². The molecular formula is C22H22N4O. The second kappa shape index (κ2) is 6.05.